The van der Waals surface area contributed by atoms with Gasteiger partial charge in [0.15, 0.2) is 5.75 Å². The average molecular weight is 440 g/mol. The van der Waals surface area contributed by atoms with Crippen molar-refractivity contribution >= 4 is 44.5 Å². The number of carboxylic acid groups (broad SMARTS) is 1. The lowest BCUT2D eigenvalue weighted by Gasteiger charge is -2.15. The van der Waals surface area contributed by atoms with Crippen molar-refractivity contribution in [1.82, 2.24) is 4.98 Å². The van der Waals surface area contributed by atoms with E-state index in [0.29, 0.717) is 3.70 Å². The van der Waals surface area contributed by atoms with Gasteiger partial charge in [-0.25, -0.2) is 4.98 Å². The number of carbonyl (C=O) groups is 1. The molecule has 1 heterocycles. The van der Waals surface area contributed by atoms with Crippen LogP contribution < -0.4 is 4.74 Å². The standard InChI is InChI=1S/C9H6BrF3INO3/c10-2-5-4(1-7(16)17)8(14)15-3-6(5)18-9(11,12)13/h3H,1-2H2,(H,16,17). The summed E-state index contributed by atoms with van der Waals surface area (Å²) in [5.41, 5.74) is 0.343. The molecule has 100 valence electrons. The fourth-order valence-electron chi connectivity index (χ4n) is 1.23. The van der Waals surface area contributed by atoms with Crippen LogP contribution in [-0.2, 0) is 16.5 Å². The maximum absolute atomic E-state index is 12.2. The molecule has 0 spiro atoms. The summed E-state index contributed by atoms with van der Waals surface area (Å²) in [6, 6.07) is 0. The van der Waals surface area contributed by atoms with E-state index in [-0.39, 0.29) is 16.5 Å². The number of pyridine rings is 1. The van der Waals surface area contributed by atoms with Gasteiger partial charge in [-0.15, -0.1) is 13.2 Å². The van der Waals surface area contributed by atoms with Gasteiger partial charge in [-0.05, 0) is 22.6 Å². The van der Waals surface area contributed by atoms with Crippen LogP contribution in [0.5, 0.6) is 5.75 Å². The molecule has 0 atom stereocenters. The minimum Gasteiger partial charge on any atom is -0.481 e. The summed E-state index contributed by atoms with van der Waals surface area (Å²) in [6.45, 7) is 0. The molecule has 0 aliphatic heterocycles. The van der Waals surface area contributed by atoms with Gasteiger partial charge in [-0.3, -0.25) is 4.79 Å². The number of carboxylic acids is 1. The number of aliphatic carboxylic acids is 1. The monoisotopic (exact) mass is 439 g/mol. The molecular formula is C9H6BrF3INO3. The van der Waals surface area contributed by atoms with Crippen molar-refractivity contribution in [2.45, 2.75) is 18.1 Å². The molecule has 18 heavy (non-hydrogen) atoms. The van der Waals surface area contributed by atoms with Gasteiger partial charge in [0.1, 0.15) is 3.70 Å². The number of aromatic nitrogens is 1. The third-order valence-electron chi connectivity index (χ3n) is 1.89. The normalized spacial score (nSPS) is 11.4. The lowest BCUT2D eigenvalue weighted by molar-refractivity contribution is -0.275. The van der Waals surface area contributed by atoms with Gasteiger partial charge in [0.2, 0.25) is 0 Å². The van der Waals surface area contributed by atoms with Crippen LogP contribution in [0.25, 0.3) is 0 Å². The molecule has 0 fully saturated rings. The number of alkyl halides is 4. The zero-order chi connectivity index (χ0) is 13.9. The van der Waals surface area contributed by atoms with Gasteiger partial charge in [0.25, 0.3) is 0 Å². The van der Waals surface area contributed by atoms with Gasteiger partial charge in [-0.2, -0.15) is 0 Å². The van der Waals surface area contributed by atoms with Gasteiger partial charge in [-0.1, -0.05) is 15.9 Å². The molecule has 4 nitrogen and oxygen atoms in total. The molecule has 0 radical (unpaired) electrons. The maximum atomic E-state index is 12.2. The van der Waals surface area contributed by atoms with Crippen molar-refractivity contribution in [2.75, 3.05) is 0 Å². The van der Waals surface area contributed by atoms with Crippen molar-refractivity contribution in [3.8, 4) is 5.75 Å². The molecule has 0 saturated carbocycles. The second kappa shape index (κ2) is 6.04. The Morgan fingerprint density at radius 3 is 2.56 bits per heavy atom. The first-order valence-electron chi connectivity index (χ1n) is 4.44. The zero-order valence-electron chi connectivity index (χ0n) is 8.59. The molecule has 0 amide bonds. The fraction of sp³-hybridized carbons (Fsp3) is 0.333. The molecule has 1 aromatic heterocycles. The number of halogens is 5. The van der Waals surface area contributed by atoms with Crippen molar-refractivity contribution in [3.05, 3.63) is 21.0 Å². The van der Waals surface area contributed by atoms with E-state index in [0.717, 1.165) is 6.20 Å². The van der Waals surface area contributed by atoms with E-state index < -0.39 is 24.5 Å². The fourth-order valence-corrected chi connectivity index (χ4v) is 2.50. The summed E-state index contributed by atoms with van der Waals surface area (Å²) in [5, 5.41) is 8.77. The van der Waals surface area contributed by atoms with Crippen LogP contribution in [0.1, 0.15) is 11.1 Å². The Bertz CT molecular complexity index is 467. The lowest BCUT2D eigenvalue weighted by atomic mass is 10.1. The third kappa shape index (κ3) is 4.26. The van der Waals surface area contributed by atoms with E-state index >= 15 is 0 Å². The molecule has 0 aromatic carbocycles. The Balaban J connectivity index is 3.24. The smallest absolute Gasteiger partial charge is 0.481 e. The molecule has 1 rings (SSSR count). The number of hydrogen-bond acceptors (Lipinski definition) is 3. The third-order valence-corrected chi connectivity index (χ3v) is 3.38. The Kier molecular flexibility index (Phi) is 5.20. The molecule has 0 aliphatic carbocycles. The van der Waals surface area contributed by atoms with E-state index in [1.165, 1.54) is 0 Å². The highest BCUT2D eigenvalue weighted by atomic mass is 127. The van der Waals surface area contributed by atoms with Crippen LogP contribution in [0.3, 0.4) is 0 Å². The highest BCUT2D eigenvalue weighted by Crippen LogP contribution is 2.31. The Labute approximate surface area is 122 Å². The number of rotatable bonds is 4. The lowest BCUT2D eigenvalue weighted by Crippen LogP contribution is -2.19. The summed E-state index contributed by atoms with van der Waals surface area (Å²) in [4.78, 5) is 14.4. The maximum Gasteiger partial charge on any atom is 0.573 e. The van der Waals surface area contributed by atoms with Crippen molar-refractivity contribution in [2.24, 2.45) is 0 Å². The Morgan fingerprint density at radius 1 is 1.50 bits per heavy atom. The van der Waals surface area contributed by atoms with Gasteiger partial charge in [0, 0.05) is 16.5 Å². The largest absolute Gasteiger partial charge is 0.573 e. The second-order valence-corrected chi connectivity index (χ2v) is 4.70. The zero-order valence-corrected chi connectivity index (χ0v) is 12.3. The first-order chi connectivity index (χ1) is 8.24. The molecule has 1 aromatic rings. The first kappa shape index (κ1) is 15.5. The van der Waals surface area contributed by atoms with E-state index in [1.54, 1.807) is 22.6 Å². The Morgan fingerprint density at radius 2 is 2.11 bits per heavy atom. The minimum atomic E-state index is -4.84. The van der Waals surface area contributed by atoms with Crippen molar-refractivity contribution < 1.29 is 27.8 Å². The van der Waals surface area contributed by atoms with Crippen LogP contribution >= 0.6 is 38.5 Å². The van der Waals surface area contributed by atoms with Crippen LogP contribution in [-0.4, -0.2) is 22.4 Å². The highest BCUT2D eigenvalue weighted by molar-refractivity contribution is 14.1. The van der Waals surface area contributed by atoms with E-state index in [9.17, 15) is 18.0 Å². The number of ether oxygens (including phenoxy) is 1. The van der Waals surface area contributed by atoms with Crippen LogP contribution in [0.2, 0.25) is 0 Å². The predicted molar refractivity (Wildman–Crippen MR) is 67.6 cm³/mol. The summed E-state index contributed by atoms with van der Waals surface area (Å²) in [6.07, 6.45) is -4.33. The summed E-state index contributed by atoms with van der Waals surface area (Å²) < 4.78 is 40.7. The quantitative estimate of drug-likeness (QED) is 0.445. The van der Waals surface area contributed by atoms with Gasteiger partial charge >= 0.3 is 12.3 Å². The summed E-state index contributed by atoms with van der Waals surface area (Å²) >= 11 is 4.78. The van der Waals surface area contributed by atoms with Gasteiger partial charge in [0.05, 0.1) is 12.6 Å². The molecule has 9 heteroatoms. The topological polar surface area (TPSA) is 59.4 Å². The molecule has 0 unspecified atom stereocenters. The average Bonchev–Trinajstić information content (AvgIpc) is 2.20. The molecule has 0 saturated heterocycles. The Hall–Kier alpha value is -0.580. The molecular weight excluding hydrogens is 434 g/mol. The molecule has 0 aliphatic rings. The van der Waals surface area contributed by atoms with Gasteiger partial charge < -0.3 is 9.84 Å². The second-order valence-electron chi connectivity index (χ2n) is 3.12. The highest BCUT2D eigenvalue weighted by Gasteiger charge is 2.33. The van der Waals surface area contributed by atoms with Crippen LogP contribution in [0.4, 0.5) is 13.2 Å². The van der Waals surface area contributed by atoms with E-state index in [2.05, 4.69) is 25.7 Å². The van der Waals surface area contributed by atoms with Crippen molar-refractivity contribution in [3.63, 3.8) is 0 Å². The number of nitrogens with zero attached hydrogens (tertiary/aromatic N) is 1. The molecule has 1 N–H and O–H groups in total. The summed E-state index contributed by atoms with van der Waals surface area (Å²) in [7, 11) is 0. The number of hydrogen-bond donors (Lipinski definition) is 1. The van der Waals surface area contributed by atoms with E-state index in [4.69, 9.17) is 5.11 Å². The SMILES string of the molecule is O=C(O)Cc1c(I)ncc(OC(F)(F)F)c1CBr. The minimum absolute atomic E-state index is 0.0412. The summed E-state index contributed by atoms with van der Waals surface area (Å²) in [5.74, 6) is -1.64. The van der Waals surface area contributed by atoms with Crippen molar-refractivity contribution in [1.29, 1.82) is 0 Å². The predicted octanol–water partition coefficient (Wildman–Crippen LogP) is 3.11. The van der Waals surface area contributed by atoms with Crippen LogP contribution in [0, 0.1) is 3.70 Å². The van der Waals surface area contributed by atoms with Crippen LogP contribution in [0.15, 0.2) is 6.20 Å². The van der Waals surface area contributed by atoms with E-state index in [1.807, 2.05) is 0 Å². The molecule has 0 bridgehead atoms. The first-order valence-corrected chi connectivity index (χ1v) is 6.64.